The van der Waals surface area contributed by atoms with Gasteiger partial charge in [0.1, 0.15) is 11.0 Å². The summed E-state index contributed by atoms with van der Waals surface area (Å²) in [6.45, 7) is 2.59. The van der Waals surface area contributed by atoms with Crippen LogP contribution in [0.15, 0.2) is 41.2 Å². The largest absolute Gasteiger partial charge is 0.472 e. The lowest BCUT2D eigenvalue weighted by Gasteiger charge is -2.34. The van der Waals surface area contributed by atoms with E-state index in [9.17, 15) is 4.79 Å². The molecule has 1 fully saturated rings. The van der Waals surface area contributed by atoms with Crippen molar-refractivity contribution in [3.05, 3.63) is 47.9 Å². The summed E-state index contributed by atoms with van der Waals surface area (Å²) in [6, 6.07) is 7.53. The predicted molar refractivity (Wildman–Crippen MR) is 100 cm³/mol. The summed E-state index contributed by atoms with van der Waals surface area (Å²) < 4.78 is 13.6. The number of benzene rings is 1. The number of hydrogen-bond donors (Lipinski definition) is 1. The van der Waals surface area contributed by atoms with Crippen LogP contribution in [0.25, 0.3) is 11.0 Å². The van der Waals surface area contributed by atoms with E-state index in [1.165, 1.54) is 0 Å². The fourth-order valence-electron chi connectivity index (χ4n) is 3.03. The van der Waals surface area contributed by atoms with Crippen LogP contribution in [0, 0.1) is 0 Å². The molecule has 0 radical (unpaired) electrons. The normalized spacial score (nSPS) is 16.8. The van der Waals surface area contributed by atoms with Crippen molar-refractivity contribution in [2.45, 2.75) is 6.04 Å². The topological polar surface area (TPSA) is 71.3 Å². The summed E-state index contributed by atoms with van der Waals surface area (Å²) in [6.07, 6.45) is 3.46. The number of rotatable bonds is 5. The number of fused-ring (bicyclic) bond motifs is 1. The molecule has 1 aromatic carbocycles. The molecule has 25 heavy (non-hydrogen) atoms. The number of carbonyl (C=O) groups excluding carboxylic acids is 1. The molecule has 0 aliphatic carbocycles. The van der Waals surface area contributed by atoms with Crippen molar-refractivity contribution in [1.29, 1.82) is 0 Å². The second-order valence-corrected chi connectivity index (χ2v) is 7.65. The molecule has 8 heteroatoms. The second-order valence-electron chi connectivity index (χ2n) is 5.90. The molecule has 0 spiro atoms. The van der Waals surface area contributed by atoms with Gasteiger partial charge in [-0.1, -0.05) is 0 Å². The molecule has 3 heterocycles. The quantitative estimate of drug-likeness (QED) is 0.740. The van der Waals surface area contributed by atoms with Crippen LogP contribution in [0.4, 0.5) is 0 Å². The Balaban J connectivity index is 1.47. The van der Waals surface area contributed by atoms with Gasteiger partial charge >= 0.3 is 0 Å². The van der Waals surface area contributed by atoms with Gasteiger partial charge in [0.15, 0.2) is 0 Å². The van der Waals surface area contributed by atoms with Crippen LogP contribution in [0.3, 0.4) is 0 Å². The monoisotopic (exact) mass is 374 g/mol. The summed E-state index contributed by atoms with van der Waals surface area (Å²) >= 11 is 3.13. The highest BCUT2D eigenvalue weighted by molar-refractivity contribution is 7.99. The Morgan fingerprint density at radius 3 is 2.88 bits per heavy atom. The van der Waals surface area contributed by atoms with Crippen molar-refractivity contribution in [2.24, 2.45) is 0 Å². The number of carbonyl (C=O) groups is 1. The van der Waals surface area contributed by atoms with E-state index in [0.717, 1.165) is 52.9 Å². The fourth-order valence-corrected chi connectivity index (χ4v) is 4.48. The van der Waals surface area contributed by atoms with Crippen LogP contribution >= 0.6 is 23.5 Å². The van der Waals surface area contributed by atoms with Crippen molar-refractivity contribution in [3.63, 3.8) is 0 Å². The molecule has 1 amide bonds. The third kappa shape index (κ3) is 3.70. The maximum absolute atomic E-state index is 12.6. The van der Waals surface area contributed by atoms with E-state index in [1.807, 2.05) is 23.9 Å². The zero-order valence-electron chi connectivity index (χ0n) is 13.6. The number of amides is 1. The van der Waals surface area contributed by atoms with Crippen LogP contribution in [0.2, 0.25) is 0 Å². The van der Waals surface area contributed by atoms with E-state index >= 15 is 0 Å². The third-order valence-electron chi connectivity index (χ3n) is 4.39. The van der Waals surface area contributed by atoms with Gasteiger partial charge in [-0.25, -0.2) is 0 Å². The number of nitrogens with zero attached hydrogens (tertiary/aromatic N) is 3. The van der Waals surface area contributed by atoms with Crippen LogP contribution in [-0.4, -0.2) is 50.7 Å². The van der Waals surface area contributed by atoms with Crippen LogP contribution < -0.4 is 5.32 Å². The van der Waals surface area contributed by atoms with E-state index < -0.39 is 0 Å². The molecule has 1 aliphatic heterocycles. The Bertz CT molecular complexity index is 843. The first-order chi connectivity index (χ1) is 12.3. The van der Waals surface area contributed by atoms with E-state index in [4.69, 9.17) is 4.42 Å². The molecular formula is C17H18N4O2S2. The van der Waals surface area contributed by atoms with Gasteiger partial charge in [0.2, 0.25) is 0 Å². The first-order valence-corrected chi connectivity index (χ1v) is 10.0. The summed E-state index contributed by atoms with van der Waals surface area (Å²) in [5, 5.41) is 3.07. The number of thioether (sulfide) groups is 1. The van der Waals surface area contributed by atoms with E-state index in [0.29, 0.717) is 12.1 Å². The van der Waals surface area contributed by atoms with Gasteiger partial charge in [0.25, 0.3) is 5.91 Å². The molecule has 1 aliphatic rings. The minimum Gasteiger partial charge on any atom is -0.472 e. The van der Waals surface area contributed by atoms with E-state index in [-0.39, 0.29) is 11.9 Å². The predicted octanol–water partition coefficient (Wildman–Crippen LogP) is 2.80. The highest BCUT2D eigenvalue weighted by Crippen LogP contribution is 2.24. The maximum atomic E-state index is 12.6. The molecular weight excluding hydrogens is 356 g/mol. The SMILES string of the molecule is O=C(NCC(c1ccoc1)N1CCSCC1)c1ccc2nsnc2c1. The Kier molecular flexibility index (Phi) is 5.00. The van der Waals surface area contributed by atoms with Gasteiger partial charge in [-0.2, -0.15) is 20.5 Å². The van der Waals surface area contributed by atoms with Crippen molar-refractivity contribution in [3.8, 4) is 0 Å². The summed E-state index contributed by atoms with van der Waals surface area (Å²) in [5.41, 5.74) is 3.30. The van der Waals surface area contributed by atoms with Gasteiger partial charge in [-0.3, -0.25) is 9.69 Å². The molecule has 4 rings (SSSR count). The van der Waals surface area contributed by atoms with Crippen LogP contribution in [-0.2, 0) is 0 Å². The van der Waals surface area contributed by atoms with Gasteiger partial charge < -0.3 is 9.73 Å². The van der Waals surface area contributed by atoms with Crippen molar-refractivity contribution in [2.75, 3.05) is 31.1 Å². The zero-order valence-corrected chi connectivity index (χ0v) is 15.2. The fraction of sp³-hybridized carbons (Fsp3) is 0.353. The molecule has 6 nitrogen and oxygen atoms in total. The van der Waals surface area contributed by atoms with E-state index in [2.05, 4.69) is 19.0 Å². The minimum absolute atomic E-state index is 0.0882. The summed E-state index contributed by atoms with van der Waals surface area (Å²) in [7, 11) is 0. The summed E-state index contributed by atoms with van der Waals surface area (Å²) in [5.74, 6) is 2.15. The van der Waals surface area contributed by atoms with Crippen LogP contribution in [0.1, 0.15) is 22.0 Å². The van der Waals surface area contributed by atoms with Crippen LogP contribution in [0.5, 0.6) is 0 Å². The molecule has 0 bridgehead atoms. The second kappa shape index (κ2) is 7.55. The zero-order chi connectivity index (χ0) is 17.1. The average Bonchev–Trinajstić information content (AvgIpc) is 3.34. The average molecular weight is 374 g/mol. The van der Waals surface area contributed by atoms with Crippen molar-refractivity contribution >= 4 is 40.4 Å². The van der Waals surface area contributed by atoms with Gasteiger partial charge in [0.05, 0.1) is 30.3 Å². The smallest absolute Gasteiger partial charge is 0.251 e. The number of nitrogens with one attached hydrogen (secondary N) is 1. The van der Waals surface area contributed by atoms with Gasteiger partial charge in [-0.05, 0) is 24.3 Å². The molecule has 1 atom stereocenters. The lowest BCUT2D eigenvalue weighted by Crippen LogP contribution is -2.41. The summed E-state index contributed by atoms with van der Waals surface area (Å²) in [4.78, 5) is 15.0. The van der Waals surface area contributed by atoms with Crippen molar-refractivity contribution in [1.82, 2.24) is 19.0 Å². The number of hydrogen-bond acceptors (Lipinski definition) is 7. The maximum Gasteiger partial charge on any atom is 0.251 e. The first-order valence-electron chi connectivity index (χ1n) is 8.16. The lowest BCUT2D eigenvalue weighted by molar-refractivity contribution is 0.0935. The third-order valence-corrected chi connectivity index (χ3v) is 5.89. The number of aromatic nitrogens is 2. The van der Waals surface area contributed by atoms with Gasteiger partial charge in [-0.15, -0.1) is 0 Å². The molecule has 1 saturated heterocycles. The highest BCUT2D eigenvalue weighted by Gasteiger charge is 2.24. The Morgan fingerprint density at radius 1 is 1.24 bits per heavy atom. The standard InChI is InChI=1S/C17H18N4O2S2/c22-17(12-1-2-14-15(9-12)20-25-19-14)18-10-16(13-3-6-23-11-13)21-4-7-24-8-5-21/h1-3,6,9,11,16H,4-5,7-8,10H2,(H,18,22). The number of furan rings is 1. The van der Waals surface area contributed by atoms with E-state index in [1.54, 1.807) is 24.7 Å². The minimum atomic E-state index is -0.0882. The van der Waals surface area contributed by atoms with Crippen molar-refractivity contribution < 1.29 is 9.21 Å². The molecule has 1 unspecified atom stereocenters. The molecule has 130 valence electrons. The lowest BCUT2D eigenvalue weighted by atomic mass is 10.1. The molecule has 2 aromatic heterocycles. The highest BCUT2D eigenvalue weighted by atomic mass is 32.2. The Morgan fingerprint density at radius 2 is 2.08 bits per heavy atom. The Hall–Kier alpha value is -1.90. The van der Waals surface area contributed by atoms with Gasteiger partial charge in [0, 0.05) is 42.3 Å². The molecule has 0 saturated carbocycles. The Labute approximate surface area is 153 Å². The first kappa shape index (κ1) is 16.6. The molecule has 1 N–H and O–H groups in total. The molecule has 3 aromatic rings.